The molecular weight excluding hydrogens is 352 g/mol. The van der Waals surface area contributed by atoms with Crippen molar-refractivity contribution in [1.82, 2.24) is 19.4 Å². The summed E-state index contributed by atoms with van der Waals surface area (Å²) in [6, 6.07) is 7.75. The fourth-order valence-electron chi connectivity index (χ4n) is 4.71. The number of nitrogens with zero attached hydrogens (tertiary/aromatic N) is 4. The number of likely N-dealkylation sites (tertiary alicyclic amines) is 1. The first kappa shape index (κ1) is 19.2. The molecular formula is C22H30N4O2. The van der Waals surface area contributed by atoms with Gasteiger partial charge in [-0.15, -0.1) is 0 Å². The molecule has 150 valence electrons. The zero-order valence-corrected chi connectivity index (χ0v) is 16.8. The number of carbonyl (C=O) groups excluding carboxylic acids is 1. The van der Waals surface area contributed by atoms with Gasteiger partial charge in [0.1, 0.15) is 5.82 Å². The highest BCUT2D eigenvalue weighted by Crippen LogP contribution is 2.34. The van der Waals surface area contributed by atoms with E-state index in [1.165, 1.54) is 31.5 Å². The Hall–Kier alpha value is -2.18. The number of imidazole rings is 1. The topological polar surface area (TPSA) is 61.6 Å². The molecule has 2 aromatic rings. The van der Waals surface area contributed by atoms with Crippen LogP contribution in [0.5, 0.6) is 0 Å². The maximum Gasteiger partial charge on any atom is 0.253 e. The van der Waals surface area contributed by atoms with Gasteiger partial charge in [-0.2, -0.15) is 0 Å². The highest BCUT2D eigenvalue weighted by molar-refractivity contribution is 5.94. The van der Waals surface area contributed by atoms with E-state index in [0.717, 1.165) is 25.2 Å². The Morgan fingerprint density at radius 3 is 2.57 bits per heavy atom. The molecule has 0 radical (unpaired) electrons. The van der Waals surface area contributed by atoms with Gasteiger partial charge >= 0.3 is 0 Å². The summed E-state index contributed by atoms with van der Waals surface area (Å²) in [6.45, 7) is 5.23. The molecule has 1 saturated carbocycles. The minimum Gasteiger partial charge on any atom is -0.389 e. The number of aliphatic hydroxyl groups is 1. The average molecular weight is 383 g/mol. The summed E-state index contributed by atoms with van der Waals surface area (Å²) in [4.78, 5) is 21.4. The van der Waals surface area contributed by atoms with Gasteiger partial charge in [-0.05, 0) is 63.4 Å². The number of benzene rings is 1. The zero-order valence-electron chi connectivity index (χ0n) is 16.8. The van der Waals surface area contributed by atoms with E-state index in [4.69, 9.17) is 0 Å². The van der Waals surface area contributed by atoms with Gasteiger partial charge in [-0.25, -0.2) is 4.98 Å². The van der Waals surface area contributed by atoms with Gasteiger partial charge in [-0.1, -0.05) is 12.1 Å². The number of hydrogen-bond donors (Lipinski definition) is 1. The van der Waals surface area contributed by atoms with E-state index in [2.05, 4.69) is 22.0 Å². The SMILES string of the molecule is Cc1nccn1[C@@H]1CC[C@@H](N(C)C(=O)c2ccc(CN3CCCC3)cc2)[C@H]1O. The molecule has 4 rings (SSSR count). The lowest BCUT2D eigenvalue weighted by Gasteiger charge is -2.29. The number of hydrogen-bond acceptors (Lipinski definition) is 4. The molecule has 2 heterocycles. The number of carbonyl (C=O) groups is 1. The number of amides is 1. The molecule has 6 nitrogen and oxygen atoms in total. The lowest BCUT2D eigenvalue weighted by Crippen LogP contribution is -2.43. The van der Waals surface area contributed by atoms with Crippen molar-refractivity contribution in [2.45, 2.75) is 57.3 Å². The second kappa shape index (κ2) is 8.05. The summed E-state index contributed by atoms with van der Waals surface area (Å²) < 4.78 is 2.02. The first-order chi connectivity index (χ1) is 13.5. The Balaban J connectivity index is 1.41. The van der Waals surface area contributed by atoms with Crippen molar-refractivity contribution in [3.05, 3.63) is 53.6 Å². The molecule has 2 aliphatic rings. The van der Waals surface area contributed by atoms with Gasteiger partial charge in [-0.3, -0.25) is 9.69 Å². The fraction of sp³-hybridized carbons (Fsp3) is 0.545. The Morgan fingerprint density at radius 2 is 1.93 bits per heavy atom. The van der Waals surface area contributed by atoms with Crippen LogP contribution in [0.25, 0.3) is 0 Å². The average Bonchev–Trinajstić information content (AvgIpc) is 3.43. The predicted octanol–water partition coefficient (Wildman–Crippen LogP) is 2.62. The summed E-state index contributed by atoms with van der Waals surface area (Å²) in [7, 11) is 1.80. The normalized spacial score (nSPS) is 25.3. The quantitative estimate of drug-likeness (QED) is 0.864. The van der Waals surface area contributed by atoms with Crippen LogP contribution in [0.1, 0.15) is 53.5 Å². The lowest BCUT2D eigenvalue weighted by atomic mass is 10.1. The third-order valence-corrected chi connectivity index (χ3v) is 6.39. The van der Waals surface area contributed by atoms with E-state index in [1.54, 1.807) is 18.1 Å². The van der Waals surface area contributed by atoms with E-state index in [9.17, 15) is 9.90 Å². The van der Waals surface area contributed by atoms with E-state index in [-0.39, 0.29) is 18.0 Å². The Morgan fingerprint density at radius 1 is 1.21 bits per heavy atom. The molecule has 1 aromatic heterocycles. The van der Waals surface area contributed by atoms with Crippen LogP contribution >= 0.6 is 0 Å². The van der Waals surface area contributed by atoms with Gasteiger partial charge in [0.25, 0.3) is 5.91 Å². The molecule has 0 spiro atoms. The van der Waals surface area contributed by atoms with Crippen molar-refractivity contribution >= 4 is 5.91 Å². The van der Waals surface area contributed by atoms with Crippen molar-refractivity contribution in [2.75, 3.05) is 20.1 Å². The second-order valence-electron chi connectivity index (χ2n) is 8.18. The zero-order chi connectivity index (χ0) is 19.7. The molecule has 6 heteroatoms. The van der Waals surface area contributed by atoms with Crippen LogP contribution in [0, 0.1) is 6.92 Å². The minimum atomic E-state index is -0.587. The van der Waals surface area contributed by atoms with Gasteiger partial charge in [0.15, 0.2) is 0 Å². The highest BCUT2D eigenvalue weighted by atomic mass is 16.3. The number of rotatable bonds is 5. The fourth-order valence-corrected chi connectivity index (χ4v) is 4.71. The van der Waals surface area contributed by atoms with Crippen molar-refractivity contribution < 1.29 is 9.90 Å². The summed E-state index contributed by atoms with van der Waals surface area (Å²) in [5.41, 5.74) is 1.93. The van der Waals surface area contributed by atoms with E-state index < -0.39 is 6.10 Å². The van der Waals surface area contributed by atoms with Crippen LogP contribution in [-0.4, -0.2) is 62.6 Å². The highest BCUT2D eigenvalue weighted by Gasteiger charge is 2.40. The van der Waals surface area contributed by atoms with Gasteiger partial charge in [0.2, 0.25) is 0 Å². The number of aliphatic hydroxyl groups excluding tert-OH is 1. The monoisotopic (exact) mass is 382 g/mol. The molecule has 3 atom stereocenters. The number of aromatic nitrogens is 2. The van der Waals surface area contributed by atoms with Crippen LogP contribution in [0.4, 0.5) is 0 Å². The maximum absolute atomic E-state index is 13.0. The second-order valence-corrected chi connectivity index (χ2v) is 8.18. The Bertz CT molecular complexity index is 810. The summed E-state index contributed by atoms with van der Waals surface area (Å²) in [5, 5.41) is 10.9. The van der Waals surface area contributed by atoms with E-state index in [1.807, 2.05) is 29.8 Å². The lowest BCUT2D eigenvalue weighted by molar-refractivity contribution is 0.0441. The molecule has 1 saturated heterocycles. The molecule has 1 aromatic carbocycles. The first-order valence-electron chi connectivity index (χ1n) is 10.3. The third-order valence-electron chi connectivity index (χ3n) is 6.39. The standard InChI is InChI=1S/C22H30N4O2/c1-16-23-11-14-26(16)20-10-9-19(21(20)27)24(2)22(28)18-7-5-17(6-8-18)15-25-12-3-4-13-25/h5-8,11,14,19-21,27H,3-4,9-10,12-13,15H2,1-2H3/t19-,20-,21-/m1/s1. The summed E-state index contributed by atoms with van der Waals surface area (Å²) in [5.74, 6) is 0.868. The van der Waals surface area contributed by atoms with Gasteiger partial charge in [0, 0.05) is 31.5 Å². The van der Waals surface area contributed by atoms with E-state index >= 15 is 0 Å². The van der Waals surface area contributed by atoms with Crippen LogP contribution in [0.2, 0.25) is 0 Å². The molecule has 0 unspecified atom stereocenters. The van der Waals surface area contributed by atoms with Crippen molar-refractivity contribution in [2.24, 2.45) is 0 Å². The molecule has 0 bridgehead atoms. The van der Waals surface area contributed by atoms with Crippen molar-refractivity contribution in [1.29, 1.82) is 0 Å². The van der Waals surface area contributed by atoms with Crippen molar-refractivity contribution in [3.63, 3.8) is 0 Å². The van der Waals surface area contributed by atoms with E-state index in [0.29, 0.717) is 5.56 Å². The summed E-state index contributed by atoms with van der Waals surface area (Å²) >= 11 is 0. The minimum absolute atomic E-state index is 0.0226. The molecule has 1 amide bonds. The molecule has 1 N–H and O–H groups in total. The first-order valence-corrected chi connectivity index (χ1v) is 10.3. The maximum atomic E-state index is 13.0. The van der Waals surface area contributed by atoms with Crippen molar-refractivity contribution in [3.8, 4) is 0 Å². The third kappa shape index (κ3) is 3.71. The largest absolute Gasteiger partial charge is 0.389 e. The van der Waals surface area contributed by atoms with Gasteiger partial charge in [0.05, 0.1) is 18.2 Å². The van der Waals surface area contributed by atoms with Crippen LogP contribution < -0.4 is 0 Å². The van der Waals surface area contributed by atoms with Crippen LogP contribution in [0.3, 0.4) is 0 Å². The Labute approximate surface area is 166 Å². The van der Waals surface area contributed by atoms with Crippen LogP contribution in [-0.2, 0) is 6.54 Å². The molecule has 1 aliphatic carbocycles. The van der Waals surface area contributed by atoms with Crippen LogP contribution in [0.15, 0.2) is 36.7 Å². The molecule has 28 heavy (non-hydrogen) atoms. The predicted molar refractivity (Wildman–Crippen MR) is 108 cm³/mol. The summed E-state index contributed by atoms with van der Waals surface area (Å²) in [6.07, 6.45) is 7.28. The smallest absolute Gasteiger partial charge is 0.253 e. The number of likely N-dealkylation sites (N-methyl/N-ethyl adjacent to an activating group) is 1. The number of aryl methyl sites for hydroxylation is 1. The van der Waals surface area contributed by atoms with Gasteiger partial charge < -0.3 is 14.6 Å². The Kier molecular flexibility index (Phi) is 5.51. The molecule has 1 aliphatic heterocycles. The molecule has 2 fully saturated rings.